The van der Waals surface area contributed by atoms with Crippen molar-refractivity contribution in [2.75, 3.05) is 0 Å². The fourth-order valence-electron chi connectivity index (χ4n) is 6.58. The molecule has 0 amide bonds. The van der Waals surface area contributed by atoms with E-state index in [0.29, 0.717) is 23.7 Å². The van der Waals surface area contributed by atoms with Gasteiger partial charge in [-0.3, -0.25) is 0 Å². The van der Waals surface area contributed by atoms with Gasteiger partial charge in [-0.1, -0.05) is 113 Å². The van der Waals surface area contributed by atoms with Crippen LogP contribution in [0.3, 0.4) is 0 Å². The van der Waals surface area contributed by atoms with Gasteiger partial charge in [-0.05, 0) is 29.3 Å². The molecule has 0 saturated carbocycles. The average Bonchev–Trinajstić information content (AvgIpc) is 3.20. The Labute approximate surface area is 228 Å². The molecule has 1 aromatic heterocycles. The highest BCUT2D eigenvalue weighted by atomic mass is 15.2. The third kappa shape index (κ3) is 5.21. The van der Waals surface area contributed by atoms with Crippen LogP contribution in [0.2, 0.25) is 19.0 Å². The van der Waals surface area contributed by atoms with Crippen molar-refractivity contribution in [2.24, 2.45) is 0 Å². The van der Waals surface area contributed by atoms with E-state index < -0.39 is 6.15 Å². The Bertz CT molecular complexity index is 1150. The Balaban J connectivity index is 2.60. The third-order valence-electron chi connectivity index (χ3n) is 9.31. The first-order chi connectivity index (χ1) is 17.4. The highest BCUT2D eigenvalue weighted by molar-refractivity contribution is 6.91. The van der Waals surface area contributed by atoms with Gasteiger partial charge in [0.2, 0.25) is 0 Å². The maximum absolute atomic E-state index is 2.70. The number of imidazole rings is 1. The summed E-state index contributed by atoms with van der Waals surface area (Å²) in [4.78, 5) is 0. The zero-order valence-corrected chi connectivity index (χ0v) is 25.9. The van der Waals surface area contributed by atoms with Gasteiger partial charge in [0.05, 0.1) is 12.3 Å². The molecule has 0 fully saturated rings. The molecule has 3 heteroatoms. The Morgan fingerprint density at radius 2 is 1.03 bits per heavy atom. The second-order valence-corrected chi connectivity index (χ2v) is 12.7. The van der Waals surface area contributed by atoms with Crippen molar-refractivity contribution in [3.05, 3.63) is 70.7 Å². The third-order valence-corrected chi connectivity index (χ3v) is 9.31. The first-order valence-electron chi connectivity index (χ1n) is 15.1. The van der Waals surface area contributed by atoms with Crippen LogP contribution in [0, 0.1) is 6.92 Å². The molecule has 0 unspecified atom stereocenters. The number of hydrogen-bond acceptors (Lipinski definition) is 0. The minimum atomic E-state index is -0.709. The van der Waals surface area contributed by atoms with E-state index in [0.717, 1.165) is 0 Å². The zero-order chi connectivity index (χ0) is 27.7. The molecule has 0 atom stereocenters. The fourth-order valence-corrected chi connectivity index (χ4v) is 6.58. The molecule has 2 aromatic carbocycles. The predicted octanol–water partition coefficient (Wildman–Crippen LogP) is 9.27. The smallest absolute Gasteiger partial charge is 0.236 e. The highest BCUT2D eigenvalue weighted by Gasteiger charge is 2.36. The number of nitrogens with zero attached hydrogens (tertiary/aromatic N) is 2. The Hall–Kier alpha value is -2.29. The molecule has 0 spiro atoms. The first kappa shape index (κ1) is 29.3. The first-order valence-corrected chi connectivity index (χ1v) is 15.1. The van der Waals surface area contributed by atoms with Crippen LogP contribution in [0.5, 0.6) is 0 Å². The molecular formula is C34H53BN2. The number of rotatable bonds is 10. The highest BCUT2D eigenvalue weighted by Crippen LogP contribution is 2.34. The van der Waals surface area contributed by atoms with Crippen LogP contribution in [-0.4, -0.2) is 10.7 Å². The summed E-state index contributed by atoms with van der Waals surface area (Å²) in [6.07, 6.45) is 5.42. The Morgan fingerprint density at radius 3 is 1.38 bits per heavy atom. The van der Waals surface area contributed by atoms with E-state index in [9.17, 15) is 0 Å². The second kappa shape index (κ2) is 11.6. The lowest BCUT2D eigenvalue weighted by Gasteiger charge is -2.35. The average molecular weight is 501 g/mol. The van der Waals surface area contributed by atoms with Gasteiger partial charge in [-0.2, -0.15) is 19.0 Å². The number of benzene rings is 2. The molecule has 0 aliphatic rings. The summed E-state index contributed by atoms with van der Waals surface area (Å²) in [5.41, 5.74) is 10.1. The molecule has 202 valence electrons. The molecule has 0 aliphatic heterocycles. The van der Waals surface area contributed by atoms with Gasteiger partial charge in [-0.25, -0.2) is 9.13 Å². The van der Waals surface area contributed by atoms with Crippen LogP contribution in [0.4, 0.5) is 0 Å². The molecule has 1 heterocycles. The van der Waals surface area contributed by atoms with Crippen LogP contribution < -0.4 is 10.2 Å². The van der Waals surface area contributed by atoms with E-state index in [1.807, 2.05) is 0 Å². The summed E-state index contributed by atoms with van der Waals surface area (Å²) in [7, 11) is 0. The largest absolute Gasteiger partial charge is 0.260 e. The lowest BCUT2D eigenvalue weighted by atomic mass is 9.19. The summed E-state index contributed by atoms with van der Waals surface area (Å²) in [5.74, 6) is 3.15. The van der Waals surface area contributed by atoms with Crippen molar-refractivity contribution in [1.82, 2.24) is 4.57 Å². The molecule has 3 aromatic rings. The zero-order valence-electron chi connectivity index (χ0n) is 25.9. The molecule has 0 saturated heterocycles. The summed E-state index contributed by atoms with van der Waals surface area (Å²) in [6.45, 7) is 28.3. The van der Waals surface area contributed by atoms with Gasteiger partial charge in [0.25, 0.3) is 5.82 Å². The lowest BCUT2D eigenvalue weighted by Crippen LogP contribution is -2.50. The lowest BCUT2D eigenvalue weighted by molar-refractivity contribution is -0.602. The summed E-state index contributed by atoms with van der Waals surface area (Å²) >= 11 is 0. The standard InChI is InChI=1S/C34H53BN2/c1-13-35(14-2,15-3)32-22-36(33-28(23(4)5)18-16-19-29(33)24(6)7)27(12)37(32)34-30(25(8)9)20-17-21-31(34)26(10)11/h16-26H,13-15H2,1-12H3. The van der Waals surface area contributed by atoms with Crippen LogP contribution in [0.15, 0.2) is 42.6 Å². The summed E-state index contributed by atoms with van der Waals surface area (Å²) in [6, 6.07) is 13.9. The van der Waals surface area contributed by atoms with Gasteiger partial charge in [0.15, 0.2) is 0 Å². The predicted molar refractivity (Wildman–Crippen MR) is 165 cm³/mol. The number of para-hydroxylation sites is 2. The molecule has 0 N–H and O–H groups in total. The van der Waals surface area contributed by atoms with Crippen LogP contribution in [0.25, 0.3) is 11.4 Å². The molecule has 0 radical (unpaired) electrons. The SMILES string of the molecule is CC[B-](CC)(CC)c1c[n+](-c2c(C(C)C)cccc2C(C)C)c(C)n1-c1c(C(C)C)cccc1C(C)C. The monoisotopic (exact) mass is 500 g/mol. The van der Waals surface area contributed by atoms with Crippen molar-refractivity contribution in [2.45, 2.75) is 126 Å². The quantitative estimate of drug-likeness (QED) is 0.194. The van der Waals surface area contributed by atoms with E-state index in [-0.39, 0.29) is 0 Å². The van der Waals surface area contributed by atoms with E-state index in [1.54, 1.807) is 0 Å². The fraction of sp³-hybridized carbons (Fsp3) is 0.559. The number of aromatic nitrogens is 2. The van der Waals surface area contributed by atoms with Gasteiger partial charge >= 0.3 is 0 Å². The van der Waals surface area contributed by atoms with Crippen LogP contribution in [-0.2, 0) is 0 Å². The minimum Gasteiger partial charge on any atom is -0.236 e. The Morgan fingerprint density at radius 1 is 0.649 bits per heavy atom. The van der Waals surface area contributed by atoms with Gasteiger partial charge in [0.1, 0.15) is 11.4 Å². The van der Waals surface area contributed by atoms with E-state index in [2.05, 4.69) is 135 Å². The van der Waals surface area contributed by atoms with Crippen molar-refractivity contribution in [3.63, 3.8) is 0 Å². The van der Waals surface area contributed by atoms with Gasteiger partial charge in [-0.15, -0.1) is 0 Å². The minimum absolute atomic E-state index is 0.456. The number of hydrogen-bond donors (Lipinski definition) is 0. The van der Waals surface area contributed by atoms with Gasteiger partial charge < -0.3 is 0 Å². The molecule has 37 heavy (non-hydrogen) atoms. The van der Waals surface area contributed by atoms with E-state index >= 15 is 0 Å². The molecule has 2 nitrogen and oxygen atoms in total. The second-order valence-electron chi connectivity index (χ2n) is 12.7. The molecular weight excluding hydrogens is 447 g/mol. The van der Waals surface area contributed by atoms with Gasteiger partial charge in [0, 0.05) is 29.2 Å². The van der Waals surface area contributed by atoms with Crippen molar-refractivity contribution in [1.29, 1.82) is 0 Å². The topological polar surface area (TPSA) is 8.81 Å². The summed E-state index contributed by atoms with van der Waals surface area (Å²) < 4.78 is 5.26. The van der Waals surface area contributed by atoms with Crippen molar-refractivity contribution < 1.29 is 4.57 Å². The maximum Gasteiger partial charge on any atom is 0.260 e. The normalized spacial score (nSPS) is 12.5. The molecule has 0 bridgehead atoms. The summed E-state index contributed by atoms with van der Waals surface area (Å²) in [5, 5.41) is 0. The van der Waals surface area contributed by atoms with E-state index in [1.165, 1.54) is 64.0 Å². The maximum atomic E-state index is 2.70. The van der Waals surface area contributed by atoms with Crippen LogP contribution in [0.1, 0.15) is 128 Å². The molecule has 3 rings (SSSR count). The van der Waals surface area contributed by atoms with Crippen LogP contribution >= 0.6 is 0 Å². The van der Waals surface area contributed by atoms with E-state index in [4.69, 9.17) is 0 Å². The Kier molecular flexibility index (Phi) is 9.20. The van der Waals surface area contributed by atoms with Crippen molar-refractivity contribution >= 4 is 11.7 Å². The molecule has 0 aliphatic carbocycles. The van der Waals surface area contributed by atoms with Crippen molar-refractivity contribution in [3.8, 4) is 11.4 Å².